The van der Waals surface area contributed by atoms with Crippen molar-refractivity contribution in [1.29, 1.82) is 0 Å². The van der Waals surface area contributed by atoms with E-state index in [0.717, 1.165) is 16.0 Å². The maximum Gasteiger partial charge on any atom is 0.277 e. The van der Waals surface area contributed by atoms with Gasteiger partial charge in [0.15, 0.2) is 0 Å². The van der Waals surface area contributed by atoms with Crippen molar-refractivity contribution in [1.82, 2.24) is 0 Å². The van der Waals surface area contributed by atoms with E-state index in [-0.39, 0.29) is 16.3 Å². The first kappa shape index (κ1) is 15.4. The first-order valence-corrected chi connectivity index (χ1v) is 7.40. The maximum atomic E-state index is 14.0. The van der Waals surface area contributed by atoms with Crippen molar-refractivity contribution in [2.24, 2.45) is 0 Å². The van der Waals surface area contributed by atoms with Gasteiger partial charge >= 0.3 is 0 Å². The highest BCUT2D eigenvalue weighted by atomic mass is 35.5. The van der Waals surface area contributed by atoms with E-state index in [1.54, 1.807) is 12.1 Å². The first-order valence-electron chi connectivity index (χ1n) is 7.02. The molecular weight excluding hydrogens is 317 g/mol. The van der Waals surface area contributed by atoms with Crippen LogP contribution in [0, 0.1) is 19.7 Å². The highest BCUT2D eigenvalue weighted by Crippen LogP contribution is 2.36. The van der Waals surface area contributed by atoms with Crippen LogP contribution in [0.15, 0.2) is 47.5 Å². The first-order chi connectivity index (χ1) is 10.9. The molecule has 0 unspecified atom stereocenters. The molecule has 1 heterocycles. The zero-order valence-electron chi connectivity index (χ0n) is 12.6. The molecule has 0 spiro atoms. The molecule has 2 aromatic carbocycles. The van der Waals surface area contributed by atoms with Gasteiger partial charge in [-0.15, -0.1) is 0 Å². The minimum atomic E-state index is -0.711. The second kappa shape index (κ2) is 5.63. The lowest BCUT2D eigenvalue weighted by atomic mass is 9.99. The van der Waals surface area contributed by atoms with Crippen LogP contribution in [0.25, 0.3) is 5.57 Å². The normalized spacial score (nSPS) is 14.9. The molecule has 3 nitrogen and oxygen atoms in total. The molecule has 0 saturated carbocycles. The number of carbonyl (C=O) groups excluding carboxylic acids is 2. The fraction of sp³-hybridized carbons (Fsp3) is 0.111. The van der Waals surface area contributed by atoms with Crippen LogP contribution < -0.4 is 4.90 Å². The third-order valence-corrected chi connectivity index (χ3v) is 4.12. The second-order valence-corrected chi connectivity index (χ2v) is 5.78. The maximum absolute atomic E-state index is 14.0. The number of aryl methyl sites for hydroxylation is 2. The molecule has 1 aliphatic heterocycles. The smallest absolute Gasteiger partial charge is 0.268 e. The van der Waals surface area contributed by atoms with Crippen LogP contribution >= 0.6 is 11.6 Å². The third-order valence-electron chi connectivity index (χ3n) is 3.77. The molecule has 2 aromatic rings. The number of rotatable bonds is 2. The fourth-order valence-corrected chi connectivity index (χ4v) is 2.95. The van der Waals surface area contributed by atoms with Crippen molar-refractivity contribution in [3.63, 3.8) is 0 Å². The number of halogens is 2. The summed E-state index contributed by atoms with van der Waals surface area (Å²) in [5.41, 5.74) is 2.45. The fourth-order valence-electron chi connectivity index (χ4n) is 2.68. The highest BCUT2D eigenvalue weighted by molar-refractivity contribution is 6.60. The van der Waals surface area contributed by atoms with E-state index in [0.29, 0.717) is 5.56 Å². The molecule has 23 heavy (non-hydrogen) atoms. The SMILES string of the molecule is Cc1ccc(C2=C(Cl)C(=O)N(c3ccccc3F)C2=O)c(C)c1. The number of carbonyl (C=O) groups is 2. The van der Waals surface area contributed by atoms with Crippen LogP contribution in [0.2, 0.25) is 0 Å². The van der Waals surface area contributed by atoms with Gasteiger partial charge in [-0.3, -0.25) is 9.59 Å². The Morgan fingerprint density at radius 2 is 1.70 bits per heavy atom. The summed E-state index contributed by atoms with van der Waals surface area (Å²) in [4.78, 5) is 25.9. The minimum Gasteiger partial charge on any atom is -0.268 e. The molecule has 1 aliphatic rings. The number of anilines is 1. The van der Waals surface area contributed by atoms with E-state index in [1.807, 2.05) is 26.0 Å². The highest BCUT2D eigenvalue weighted by Gasteiger charge is 2.40. The molecule has 0 aromatic heterocycles. The largest absolute Gasteiger partial charge is 0.277 e. The van der Waals surface area contributed by atoms with Gasteiger partial charge in [-0.2, -0.15) is 0 Å². The molecular formula is C18H13ClFNO2. The Labute approximate surface area is 138 Å². The van der Waals surface area contributed by atoms with E-state index in [4.69, 9.17) is 11.6 Å². The lowest BCUT2D eigenvalue weighted by molar-refractivity contribution is -0.119. The summed E-state index contributed by atoms with van der Waals surface area (Å²) in [5, 5.41) is -0.190. The zero-order chi connectivity index (χ0) is 16.7. The van der Waals surface area contributed by atoms with E-state index in [1.165, 1.54) is 18.2 Å². The van der Waals surface area contributed by atoms with Gasteiger partial charge in [0.1, 0.15) is 10.8 Å². The molecule has 0 fully saturated rings. The molecule has 2 amide bonds. The number of amides is 2. The summed E-state index contributed by atoms with van der Waals surface area (Å²) in [5.74, 6) is -1.98. The summed E-state index contributed by atoms with van der Waals surface area (Å²) < 4.78 is 14.0. The Hall–Kier alpha value is -2.46. The quantitative estimate of drug-likeness (QED) is 0.782. The minimum absolute atomic E-state index is 0.0968. The Kier molecular flexibility index (Phi) is 3.78. The standard InChI is InChI=1S/C18H13ClFNO2/c1-10-7-8-12(11(2)9-10)15-16(19)18(23)21(17(15)22)14-6-4-3-5-13(14)20/h3-9H,1-2H3. The summed E-state index contributed by atoms with van der Waals surface area (Å²) in [6.45, 7) is 3.77. The predicted octanol–water partition coefficient (Wildman–Crippen LogP) is 3.97. The van der Waals surface area contributed by atoms with Crippen molar-refractivity contribution < 1.29 is 14.0 Å². The van der Waals surface area contributed by atoms with E-state index in [2.05, 4.69) is 0 Å². The number of imide groups is 1. The van der Waals surface area contributed by atoms with Crippen molar-refractivity contribution in [2.75, 3.05) is 4.90 Å². The summed E-state index contributed by atoms with van der Waals surface area (Å²) in [6, 6.07) is 11.1. The van der Waals surface area contributed by atoms with Crippen molar-refractivity contribution in [3.05, 3.63) is 70.0 Å². The summed E-state index contributed by atoms with van der Waals surface area (Å²) >= 11 is 6.11. The number of hydrogen-bond acceptors (Lipinski definition) is 2. The van der Waals surface area contributed by atoms with Crippen LogP contribution in [0.1, 0.15) is 16.7 Å². The molecule has 5 heteroatoms. The molecule has 0 aliphatic carbocycles. The molecule has 0 radical (unpaired) electrons. The molecule has 0 N–H and O–H groups in total. The summed E-state index contributed by atoms with van der Waals surface area (Å²) in [6.07, 6.45) is 0. The van der Waals surface area contributed by atoms with Crippen molar-refractivity contribution in [3.8, 4) is 0 Å². The van der Waals surface area contributed by atoms with E-state index >= 15 is 0 Å². The van der Waals surface area contributed by atoms with Gasteiger partial charge in [0, 0.05) is 0 Å². The number of hydrogen-bond donors (Lipinski definition) is 0. The Balaban J connectivity index is 2.12. The Morgan fingerprint density at radius 1 is 1.00 bits per heavy atom. The second-order valence-electron chi connectivity index (χ2n) is 5.40. The topological polar surface area (TPSA) is 37.4 Å². The molecule has 0 bridgehead atoms. The average Bonchev–Trinajstić information content (AvgIpc) is 2.71. The zero-order valence-corrected chi connectivity index (χ0v) is 13.3. The van der Waals surface area contributed by atoms with Gasteiger partial charge in [0.2, 0.25) is 0 Å². The van der Waals surface area contributed by atoms with Gasteiger partial charge in [-0.25, -0.2) is 9.29 Å². The number of nitrogens with zero attached hydrogens (tertiary/aromatic N) is 1. The van der Waals surface area contributed by atoms with Gasteiger partial charge in [0.25, 0.3) is 11.8 Å². The van der Waals surface area contributed by atoms with Crippen LogP contribution in [0.5, 0.6) is 0 Å². The Bertz CT molecular complexity index is 873. The Morgan fingerprint density at radius 3 is 2.35 bits per heavy atom. The molecule has 0 saturated heterocycles. The number of para-hydroxylation sites is 1. The van der Waals surface area contributed by atoms with Crippen LogP contribution in [0.3, 0.4) is 0 Å². The lowest BCUT2D eigenvalue weighted by Gasteiger charge is -2.16. The van der Waals surface area contributed by atoms with E-state index < -0.39 is 17.6 Å². The monoisotopic (exact) mass is 329 g/mol. The van der Waals surface area contributed by atoms with Crippen molar-refractivity contribution in [2.45, 2.75) is 13.8 Å². The molecule has 116 valence electrons. The van der Waals surface area contributed by atoms with Gasteiger partial charge in [-0.1, -0.05) is 47.5 Å². The van der Waals surface area contributed by atoms with Gasteiger partial charge < -0.3 is 0 Å². The molecule has 0 atom stereocenters. The summed E-state index contributed by atoms with van der Waals surface area (Å²) in [7, 11) is 0. The molecule has 3 rings (SSSR count). The van der Waals surface area contributed by atoms with Crippen molar-refractivity contribution >= 4 is 34.7 Å². The van der Waals surface area contributed by atoms with Crippen LogP contribution in [0.4, 0.5) is 10.1 Å². The third kappa shape index (κ3) is 2.45. The average molecular weight is 330 g/mol. The van der Waals surface area contributed by atoms with Gasteiger partial charge in [-0.05, 0) is 37.1 Å². The van der Waals surface area contributed by atoms with Crippen LogP contribution in [-0.4, -0.2) is 11.8 Å². The van der Waals surface area contributed by atoms with Crippen LogP contribution in [-0.2, 0) is 9.59 Å². The predicted molar refractivity (Wildman–Crippen MR) is 87.6 cm³/mol. The van der Waals surface area contributed by atoms with E-state index in [9.17, 15) is 14.0 Å². The number of benzene rings is 2. The lowest BCUT2D eigenvalue weighted by Crippen LogP contribution is -2.32. The van der Waals surface area contributed by atoms with Gasteiger partial charge in [0.05, 0.1) is 11.3 Å².